The third-order valence-corrected chi connectivity index (χ3v) is 1.98. The van der Waals surface area contributed by atoms with E-state index in [-0.39, 0.29) is 5.43 Å². The van der Waals surface area contributed by atoms with Crippen LogP contribution in [0.4, 0.5) is 0 Å². The molecule has 0 spiro atoms. The highest BCUT2D eigenvalue weighted by atomic mass is 16.1. The van der Waals surface area contributed by atoms with Crippen LogP contribution in [0.5, 0.6) is 0 Å². The summed E-state index contributed by atoms with van der Waals surface area (Å²) in [4.78, 5) is 11.0. The van der Waals surface area contributed by atoms with Crippen LogP contribution >= 0.6 is 0 Å². The van der Waals surface area contributed by atoms with Crippen molar-refractivity contribution in [2.24, 2.45) is 0 Å². The van der Waals surface area contributed by atoms with E-state index in [0.717, 1.165) is 24.3 Å². The Morgan fingerprint density at radius 3 is 3.23 bits per heavy atom. The average Bonchev–Trinajstić information content (AvgIpc) is 2.49. The SMILES string of the molecule is CCCc1n[nH]c2cc(=O)ccn12. The molecule has 2 aromatic heterocycles. The maximum atomic E-state index is 11.0. The Kier molecular flexibility index (Phi) is 1.88. The summed E-state index contributed by atoms with van der Waals surface area (Å²) in [5, 5.41) is 6.95. The topological polar surface area (TPSA) is 50.2 Å². The maximum Gasteiger partial charge on any atom is 0.183 e. The van der Waals surface area contributed by atoms with Gasteiger partial charge in [-0.1, -0.05) is 6.92 Å². The van der Waals surface area contributed by atoms with E-state index in [9.17, 15) is 4.79 Å². The van der Waals surface area contributed by atoms with Gasteiger partial charge in [0.1, 0.15) is 11.5 Å². The fourth-order valence-electron chi connectivity index (χ4n) is 1.37. The molecule has 4 nitrogen and oxygen atoms in total. The lowest BCUT2D eigenvalue weighted by atomic mass is 10.3. The van der Waals surface area contributed by atoms with Gasteiger partial charge < -0.3 is 0 Å². The van der Waals surface area contributed by atoms with Crippen LogP contribution in [0.1, 0.15) is 19.2 Å². The molecule has 0 saturated carbocycles. The summed E-state index contributed by atoms with van der Waals surface area (Å²) in [6.07, 6.45) is 3.72. The smallest absolute Gasteiger partial charge is 0.183 e. The Balaban J connectivity index is 2.62. The van der Waals surface area contributed by atoms with E-state index in [2.05, 4.69) is 17.1 Å². The molecule has 0 aliphatic carbocycles. The van der Waals surface area contributed by atoms with E-state index in [1.807, 2.05) is 4.40 Å². The van der Waals surface area contributed by atoms with Crippen LogP contribution in [-0.4, -0.2) is 14.6 Å². The van der Waals surface area contributed by atoms with Crippen molar-refractivity contribution in [3.05, 3.63) is 34.4 Å². The summed E-state index contributed by atoms with van der Waals surface area (Å²) in [5.74, 6) is 0.970. The summed E-state index contributed by atoms with van der Waals surface area (Å²) >= 11 is 0. The number of pyridine rings is 1. The van der Waals surface area contributed by atoms with Gasteiger partial charge in [0.2, 0.25) is 0 Å². The summed E-state index contributed by atoms with van der Waals surface area (Å²) in [6, 6.07) is 3.09. The number of hydrogen-bond acceptors (Lipinski definition) is 2. The van der Waals surface area contributed by atoms with Gasteiger partial charge in [0.05, 0.1) is 0 Å². The largest absolute Gasteiger partial charge is 0.290 e. The number of H-pyrrole nitrogens is 1. The lowest BCUT2D eigenvalue weighted by molar-refractivity contribution is 0.818. The number of hydrogen-bond donors (Lipinski definition) is 1. The Labute approximate surface area is 75.2 Å². The van der Waals surface area contributed by atoms with Crippen LogP contribution in [0, 0.1) is 0 Å². The van der Waals surface area contributed by atoms with Crippen LogP contribution in [0.3, 0.4) is 0 Å². The molecule has 0 aromatic carbocycles. The van der Waals surface area contributed by atoms with E-state index in [1.54, 1.807) is 18.3 Å². The number of nitrogens with one attached hydrogen (secondary N) is 1. The van der Waals surface area contributed by atoms with Gasteiger partial charge in [-0.3, -0.25) is 14.3 Å². The molecule has 13 heavy (non-hydrogen) atoms. The Bertz CT molecular complexity index is 469. The molecule has 68 valence electrons. The normalized spacial score (nSPS) is 10.8. The molecule has 0 saturated heterocycles. The quantitative estimate of drug-likeness (QED) is 0.743. The van der Waals surface area contributed by atoms with Gasteiger partial charge in [-0.2, -0.15) is 5.10 Å². The summed E-state index contributed by atoms with van der Waals surface area (Å²) in [7, 11) is 0. The molecule has 4 heteroatoms. The number of aromatic amines is 1. The standard InChI is InChI=1S/C9H11N3O/c1-2-3-8-10-11-9-6-7(13)4-5-12(8)9/h4-6,11H,2-3H2,1H3. The maximum absolute atomic E-state index is 11.0. The molecule has 0 amide bonds. The van der Waals surface area contributed by atoms with Crippen molar-refractivity contribution < 1.29 is 0 Å². The molecule has 0 radical (unpaired) electrons. The van der Waals surface area contributed by atoms with E-state index in [1.165, 1.54) is 0 Å². The first-order valence-corrected chi connectivity index (χ1v) is 4.37. The third-order valence-electron chi connectivity index (χ3n) is 1.98. The highest BCUT2D eigenvalue weighted by molar-refractivity contribution is 5.36. The molecular formula is C9H11N3O. The lowest BCUT2D eigenvalue weighted by Gasteiger charge is -1.95. The Morgan fingerprint density at radius 1 is 1.62 bits per heavy atom. The second-order valence-corrected chi connectivity index (χ2v) is 3.01. The minimum atomic E-state index is 0.00620. The van der Waals surface area contributed by atoms with Crippen molar-refractivity contribution in [3.63, 3.8) is 0 Å². The highest BCUT2D eigenvalue weighted by Crippen LogP contribution is 2.02. The fraction of sp³-hybridized carbons (Fsp3) is 0.333. The van der Waals surface area contributed by atoms with Crippen LogP contribution in [0.25, 0.3) is 5.65 Å². The predicted molar refractivity (Wildman–Crippen MR) is 49.8 cm³/mol. The van der Waals surface area contributed by atoms with Crippen molar-refractivity contribution >= 4 is 5.65 Å². The number of aryl methyl sites for hydroxylation is 1. The van der Waals surface area contributed by atoms with E-state index in [4.69, 9.17) is 0 Å². The summed E-state index contributed by atoms with van der Waals surface area (Å²) in [6.45, 7) is 2.10. The van der Waals surface area contributed by atoms with Crippen LogP contribution in [0.2, 0.25) is 0 Å². The second-order valence-electron chi connectivity index (χ2n) is 3.01. The van der Waals surface area contributed by atoms with Crippen molar-refractivity contribution in [3.8, 4) is 0 Å². The highest BCUT2D eigenvalue weighted by Gasteiger charge is 2.01. The van der Waals surface area contributed by atoms with Crippen molar-refractivity contribution in [2.75, 3.05) is 0 Å². The zero-order valence-electron chi connectivity index (χ0n) is 7.45. The molecule has 0 aliphatic heterocycles. The first kappa shape index (κ1) is 8.04. The van der Waals surface area contributed by atoms with Gasteiger partial charge in [0.15, 0.2) is 5.43 Å². The van der Waals surface area contributed by atoms with Crippen molar-refractivity contribution in [2.45, 2.75) is 19.8 Å². The second kappa shape index (κ2) is 3.05. The van der Waals surface area contributed by atoms with Gasteiger partial charge in [-0.05, 0) is 6.42 Å². The predicted octanol–water partition coefficient (Wildman–Crippen LogP) is 0.975. The number of aromatic nitrogens is 3. The number of rotatable bonds is 2. The average molecular weight is 177 g/mol. The molecular weight excluding hydrogens is 166 g/mol. The lowest BCUT2D eigenvalue weighted by Crippen LogP contribution is -2.00. The molecule has 2 heterocycles. The number of fused-ring (bicyclic) bond motifs is 1. The first-order chi connectivity index (χ1) is 6.31. The fourth-order valence-corrected chi connectivity index (χ4v) is 1.37. The Morgan fingerprint density at radius 2 is 2.46 bits per heavy atom. The first-order valence-electron chi connectivity index (χ1n) is 4.37. The van der Waals surface area contributed by atoms with E-state index >= 15 is 0 Å². The van der Waals surface area contributed by atoms with Crippen molar-refractivity contribution in [1.29, 1.82) is 0 Å². The molecule has 0 aliphatic rings. The van der Waals surface area contributed by atoms with Crippen LogP contribution in [0.15, 0.2) is 23.1 Å². The van der Waals surface area contributed by atoms with E-state index in [0.29, 0.717) is 0 Å². The molecule has 1 N–H and O–H groups in total. The molecule has 0 atom stereocenters. The minimum Gasteiger partial charge on any atom is -0.290 e. The zero-order valence-corrected chi connectivity index (χ0v) is 7.45. The zero-order chi connectivity index (χ0) is 9.26. The summed E-state index contributed by atoms with van der Waals surface area (Å²) in [5.41, 5.74) is 0.766. The van der Waals surface area contributed by atoms with Gasteiger partial charge in [0, 0.05) is 24.8 Å². The number of nitrogens with zero attached hydrogens (tertiary/aromatic N) is 2. The molecule has 0 fully saturated rings. The van der Waals surface area contributed by atoms with Gasteiger partial charge >= 0.3 is 0 Å². The molecule has 2 aromatic rings. The van der Waals surface area contributed by atoms with Crippen LogP contribution in [-0.2, 0) is 6.42 Å². The van der Waals surface area contributed by atoms with Crippen LogP contribution < -0.4 is 5.43 Å². The Hall–Kier alpha value is -1.58. The molecule has 2 rings (SSSR count). The third kappa shape index (κ3) is 1.35. The van der Waals surface area contributed by atoms with Gasteiger partial charge in [-0.15, -0.1) is 0 Å². The molecule has 0 bridgehead atoms. The monoisotopic (exact) mass is 177 g/mol. The van der Waals surface area contributed by atoms with Crippen molar-refractivity contribution in [1.82, 2.24) is 14.6 Å². The van der Waals surface area contributed by atoms with Gasteiger partial charge in [0.25, 0.3) is 0 Å². The van der Waals surface area contributed by atoms with E-state index < -0.39 is 0 Å². The minimum absolute atomic E-state index is 0.00620. The molecule has 0 unspecified atom stereocenters. The summed E-state index contributed by atoms with van der Waals surface area (Å²) < 4.78 is 1.91. The van der Waals surface area contributed by atoms with Gasteiger partial charge in [-0.25, -0.2) is 0 Å².